The zero-order chi connectivity index (χ0) is 13.7. The van der Waals surface area contributed by atoms with Crippen LogP contribution in [0.2, 0.25) is 0 Å². The van der Waals surface area contributed by atoms with E-state index in [9.17, 15) is 4.79 Å². The van der Waals surface area contributed by atoms with Crippen molar-refractivity contribution in [3.63, 3.8) is 0 Å². The van der Waals surface area contributed by atoms with Crippen LogP contribution >= 0.6 is 0 Å². The molecule has 0 heterocycles. The molecule has 0 saturated heterocycles. The molecule has 1 N–H and O–H groups in total. The average Bonchev–Trinajstić information content (AvgIpc) is 2.47. The Hall–Kier alpha value is -1.51. The van der Waals surface area contributed by atoms with Crippen molar-refractivity contribution in [1.29, 1.82) is 0 Å². The summed E-state index contributed by atoms with van der Waals surface area (Å²) in [7, 11) is 1.65. The highest BCUT2D eigenvalue weighted by Crippen LogP contribution is 2.30. The minimum atomic E-state index is 0.219. The first-order chi connectivity index (χ1) is 9.26. The van der Waals surface area contributed by atoms with E-state index in [-0.39, 0.29) is 5.92 Å². The number of anilines is 1. The molecule has 3 heteroatoms. The number of ketones is 1. The van der Waals surface area contributed by atoms with Gasteiger partial charge in [-0.2, -0.15) is 0 Å². The zero-order valence-corrected chi connectivity index (χ0v) is 11.9. The van der Waals surface area contributed by atoms with Crippen LogP contribution in [-0.4, -0.2) is 19.4 Å². The van der Waals surface area contributed by atoms with Crippen LogP contribution in [0.5, 0.6) is 5.75 Å². The summed E-state index contributed by atoms with van der Waals surface area (Å²) in [4.78, 5) is 12.5. The molecule has 1 aromatic rings. The summed E-state index contributed by atoms with van der Waals surface area (Å²) in [6, 6.07) is 5.70. The van der Waals surface area contributed by atoms with Gasteiger partial charge in [-0.15, -0.1) is 0 Å². The summed E-state index contributed by atoms with van der Waals surface area (Å²) in [6.07, 6.45) is 5.73. The quantitative estimate of drug-likeness (QED) is 0.817. The van der Waals surface area contributed by atoms with E-state index in [1.165, 1.54) is 19.3 Å². The van der Waals surface area contributed by atoms with E-state index >= 15 is 0 Å². The third kappa shape index (κ3) is 3.28. The average molecular weight is 261 g/mol. The summed E-state index contributed by atoms with van der Waals surface area (Å²) in [5, 5.41) is 3.25. The van der Waals surface area contributed by atoms with Gasteiger partial charge >= 0.3 is 0 Å². The molecule has 0 amide bonds. The van der Waals surface area contributed by atoms with Crippen molar-refractivity contribution >= 4 is 11.5 Å². The summed E-state index contributed by atoms with van der Waals surface area (Å²) in [6.45, 7) is 2.85. The van der Waals surface area contributed by atoms with Gasteiger partial charge in [-0.25, -0.2) is 0 Å². The Balaban J connectivity index is 2.19. The van der Waals surface area contributed by atoms with Crippen LogP contribution in [0.25, 0.3) is 0 Å². The van der Waals surface area contributed by atoms with E-state index in [1.54, 1.807) is 7.11 Å². The lowest BCUT2D eigenvalue weighted by molar-refractivity contribution is 0.0889. The number of carbonyl (C=O) groups excluding carboxylic acids is 1. The SMILES string of the molecule is CCNc1cc(C(=O)C2CCCCC2)ccc1OC. The highest BCUT2D eigenvalue weighted by Gasteiger charge is 2.22. The second-order valence-electron chi connectivity index (χ2n) is 5.14. The van der Waals surface area contributed by atoms with Gasteiger partial charge in [-0.05, 0) is 38.0 Å². The van der Waals surface area contributed by atoms with Gasteiger partial charge in [0.05, 0.1) is 12.8 Å². The molecule has 2 rings (SSSR count). The molecule has 104 valence electrons. The molecule has 1 aliphatic rings. The molecule has 1 fully saturated rings. The van der Waals surface area contributed by atoms with Crippen LogP contribution in [0.4, 0.5) is 5.69 Å². The zero-order valence-electron chi connectivity index (χ0n) is 11.9. The number of ether oxygens (including phenoxy) is 1. The Morgan fingerprint density at radius 1 is 1.32 bits per heavy atom. The number of Topliss-reactive ketones (excluding diaryl/α,β-unsaturated/α-hetero) is 1. The summed E-state index contributed by atoms with van der Waals surface area (Å²) >= 11 is 0. The molecule has 0 unspecified atom stereocenters. The van der Waals surface area contributed by atoms with Gasteiger partial charge in [0.25, 0.3) is 0 Å². The molecule has 1 aromatic carbocycles. The summed E-state index contributed by atoms with van der Waals surface area (Å²) in [5.41, 5.74) is 1.72. The molecule has 19 heavy (non-hydrogen) atoms. The van der Waals surface area contributed by atoms with Crippen molar-refractivity contribution in [1.82, 2.24) is 0 Å². The minimum absolute atomic E-state index is 0.219. The van der Waals surface area contributed by atoms with Gasteiger partial charge in [0, 0.05) is 18.0 Å². The first kappa shape index (κ1) is 13.9. The number of nitrogens with one attached hydrogen (secondary N) is 1. The minimum Gasteiger partial charge on any atom is -0.495 e. The normalized spacial score (nSPS) is 16.1. The summed E-state index contributed by atoms with van der Waals surface area (Å²) in [5.74, 6) is 1.31. The number of hydrogen-bond donors (Lipinski definition) is 1. The molecule has 0 spiro atoms. The molecule has 1 aliphatic carbocycles. The van der Waals surface area contributed by atoms with Crippen LogP contribution < -0.4 is 10.1 Å². The van der Waals surface area contributed by atoms with Gasteiger partial charge in [-0.3, -0.25) is 4.79 Å². The standard InChI is InChI=1S/C16H23NO2/c1-3-17-14-11-13(9-10-15(14)19-2)16(18)12-7-5-4-6-8-12/h9-12,17H,3-8H2,1-2H3. The van der Waals surface area contributed by atoms with E-state index in [4.69, 9.17) is 4.74 Å². The van der Waals surface area contributed by atoms with E-state index in [0.717, 1.165) is 36.4 Å². The van der Waals surface area contributed by atoms with Crippen molar-refractivity contribution in [2.45, 2.75) is 39.0 Å². The fourth-order valence-corrected chi connectivity index (χ4v) is 2.79. The largest absolute Gasteiger partial charge is 0.495 e. The fourth-order valence-electron chi connectivity index (χ4n) is 2.79. The smallest absolute Gasteiger partial charge is 0.166 e. The molecule has 0 atom stereocenters. The Labute approximate surface area is 115 Å². The highest BCUT2D eigenvalue weighted by molar-refractivity contribution is 5.99. The third-order valence-electron chi connectivity index (χ3n) is 3.83. The molecule has 1 saturated carbocycles. The van der Waals surface area contributed by atoms with Gasteiger partial charge in [0.1, 0.15) is 5.75 Å². The van der Waals surface area contributed by atoms with Crippen molar-refractivity contribution < 1.29 is 9.53 Å². The van der Waals surface area contributed by atoms with Crippen molar-refractivity contribution in [2.75, 3.05) is 19.0 Å². The van der Waals surface area contributed by atoms with E-state index in [0.29, 0.717) is 5.78 Å². The van der Waals surface area contributed by atoms with Crippen LogP contribution in [0.3, 0.4) is 0 Å². The first-order valence-corrected chi connectivity index (χ1v) is 7.22. The van der Waals surface area contributed by atoms with Crippen LogP contribution in [0.1, 0.15) is 49.4 Å². The Morgan fingerprint density at radius 3 is 2.68 bits per heavy atom. The lowest BCUT2D eigenvalue weighted by Gasteiger charge is -2.21. The lowest BCUT2D eigenvalue weighted by atomic mass is 9.84. The maximum atomic E-state index is 12.5. The number of rotatable bonds is 5. The van der Waals surface area contributed by atoms with Crippen LogP contribution in [-0.2, 0) is 0 Å². The molecular weight excluding hydrogens is 238 g/mol. The van der Waals surface area contributed by atoms with Crippen LogP contribution in [0, 0.1) is 5.92 Å². The highest BCUT2D eigenvalue weighted by atomic mass is 16.5. The monoisotopic (exact) mass is 261 g/mol. The maximum absolute atomic E-state index is 12.5. The van der Waals surface area contributed by atoms with E-state index in [2.05, 4.69) is 5.32 Å². The topological polar surface area (TPSA) is 38.3 Å². The number of benzene rings is 1. The predicted molar refractivity (Wildman–Crippen MR) is 78.1 cm³/mol. The van der Waals surface area contributed by atoms with Gasteiger partial charge in [-0.1, -0.05) is 19.3 Å². The third-order valence-corrected chi connectivity index (χ3v) is 3.83. The Morgan fingerprint density at radius 2 is 2.05 bits per heavy atom. The van der Waals surface area contributed by atoms with Gasteiger partial charge in [0.2, 0.25) is 0 Å². The lowest BCUT2D eigenvalue weighted by Crippen LogP contribution is -2.18. The second-order valence-corrected chi connectivity index (χ2v) is 5.14. The van der Waals surface area contributed by atoms with Crippen molar-refractivity contribution in [2.24, 2.45) is 5.92 Å². The molecular formula is C16H23NO2. The molecule has 0 bridgehead atoms. The first-order valence-electron chi connectivity index (χ1n) is 7.22. The number of hydrogen-bond acceptors (Lipinski definition) is 3. The Bertz CT molecular complexity index is 436. The predicted octanol–water partition coefficient (Wildman–Crippen LogP) is 3.89. The van der Waals surface area contributed by atoms with Crippen molar-refractivity contribution in [3.8, 4) is 5.75 Å². The van der Waals surface area contributed by atoms with E-state index < -0.39 is 0 Å². The van der Waals surface area contributed by atoms with Gasteiger partial charge in [0.15, 0.2) is 5.78 Å². The number of methoxy groups -OCH3 is 1. The summed E-state index contributed by atoms with van der Waals surface area (Å²) < 4.78 is 5.30. The molecule has 0 aliphatic heterocycles. The molecule has 0 aromatic heterocycles. The maximum Gasteiger partial charge on any atom is 0.166 e. The Kier molecular flexibility index (Phi) is 4.83. The van der Waals surface area contributed by atoms with E-state index in [1.807, 2.05) is 25.1 Å². The molecule has 0 radical (unpaired) electrons. The van der Waals surface area contributed by atoms with Gasteiger partial charge < -0.3 is 10.1 Å². The fraction of sp³-hybridized carbons (Fsp3) is 0.562. The second kappa shape index (κ2) is 6.60. The van der Waals surface area contributed by atoms with Crippen LogP contribution in [0.15, 0.2) is 18.2 Å². The number of carbonyl (C=O) groups is 1. The van der Waals surface area contributed by atoms with Crippen molar-refractivity contribution in [3.05, 3.63) is 23.8 Å². The molecule has 3 nitrogen and oxygen atoms in total.